The Bertz CT molecular complexity index is 1070. The van der Waals surface area contributed by atoms with Crippen LogP contribution in [0.5, 0.6) is 0 Å². The summed E-state index contributed by atoms with van der Waals surface area (Å²) in [5, 5.41) is 1.36. The molecule has 180 valence electrons. The number of halogens is 1. The van der Waals surface area contributed by atoms with Crippen LogP contribution in [0.25, 0.3) is 0 Å². The van der Waals surface area contributed by atoms with E-state index in [9.17, 15) is 30.6 Å². The van der Waals surface area contributed by atoms with Crippen LogP contribution in [0.2, 0.25) is 0 Å². The second-order valence-electron chi connectivity index (χ2n) is 7.65. The number of ether oxygens (including phenoxy) is 1. The molecule has 2 aliphatic rings. The van der Waals surface area contributed by atoms with Gasteiger partial charge in [-0.2, -0.15) is 16.8 Å². The number of anilines is 2. The van der Waals surface area contributed by atoms with Crippen LogP contribution in [0.4, 0.5) is 15.8 Å². The Balaban J connectivity index is 1.77. The third kappa shape index (κ3) is 5.19. The van der Waals surface area contributed by atoms with Crippen LogP contribution in [0.15, 0.2) is 18.2 Å². The lowest BCUT2D eigenvalue weighted by atomic mass is 10.2. The Hall–Kier alpha value is -1.88. The van der Waals surface area contributed by atoms with E-state index < -0.39 is 49.3 Å². The van der Waals surface area contributed by atoms with Crippen LogP contribution in [0, 0.1) is 5.82 Å². The van der Waals surface area contributed by atoms with Crippen LogP contribution in [0.1, 0.15) is 6.92 Å². The summed E-state index contributed by atoms with van der Waals surface area (Å²) in [6.45, 7) is 1.88. The van der Waals surface area contributed by atoms with Crippen LogP contribution in [-0.4, -0.2) is 93.6 Å². The lowest BCUT2D eigenvalue weighted by Crippen LogP contribution is -2.43. The van der Waals surface area contributed by atoms with E-state index >= 15 is 0 Å². The van der Waals surface area contributed by atoms with Gasteiger partial charge in [-0.25, -0.2) is 4.39 Å². The molecule has 2 heterocycles. The number of hydrogen-bond donors (Lipinski definition) is 3. The fourth-order valence-electron chi connectivity index (χ4n) is 3.77. The van der Waals surface area contributed by atoms with E-state index in [-0.39, 0.29) is 25.3 Å². The summed E-state index contributed by atoms with van der Waals surface area (Å²) in [7, 11) is -7.28. The Morgan fingerprint density at radius 1 is 1.25 bits per heavy atom. The predicted molar refractivity (Wildman–Crippen MR) is 113 cm³/mol. The minimum atomic E-state index is -4.49. The molecule has 2 aliphatic heterocycles. The zero-order valence-electron chi connectivity index (χ0n) is 17.3. The van der Waals surface area contributed by atoms with Gasteiger partial charge >= 0.3 is 10.1 Å². The molecule has 0 spiro atoms. The van der Waals surface area contributed by atoms with Crippen molar-refractivity contribution >= 4 is 37.9 Å². The molecular weight excluding hydrogens is 471 g/mol. The number of nitrogens with one attached hydrogen (secondary N) is 1. The number of carbonyl (C=O) groups excluding carboxylic acids is 1. The van der Waals surface area contributed by atoms with Gasteiger partial charge in [0.25, 0.3) is 10.1 Å². The summed E-state index contributed by atoms with van der Waals surface area (Å²) in [6.07, 6.45) is -1.15. The lowest BCUT2D eigenvalue weighted by Gasteiger charge is -2.28. The van der Waals surface area contributed by atoms with Crippen molar-refractivity contribution in [1.29, 1.82) is 0 Å². The average Bonchev–Trinajstić information content (AvgIpc) is 3.28. The molecule has 0 amide bonds. The van der Waals surface area contributed by atoms with E-state index in [0.29, 0.717) is 18.5 Å². The molecule has 0 bridgehead atoms. The Kier molecular flexibility index (Phi) is 7.09. The van der Waals surface area contributed by atoms with Gasteiger partial charge in [-0.3, -0.25) is 24.1 Å². The molecule has 3 unspecified atom stereocenters. The first-order chi connectivity index (χ1) is 14.8. The topological polar surface area (TPSA) is 157 Å². The van der Waals surface area contributed by atoms with E-state index in [1.54, 1.807) is 0 Å². The van der Waals surface area contributed by atoms with Crippen molar-refractivity contribution in [3.05, 3.63) is 24.0 Å². The molecule has 3 N–H and O–H groups in total. The van der Waals surface area contributed by atoms with E-state index in [2.05, 4.69) is 5.32 Å². The molecule has 1 aromatic carbocycles. The molecule has 2 saturated heterocycles. The molecule has 3 rings (SSSR count). The van der Waals surface area contributed by atoms with Gasteiger partial charge in [-0.1, -0.05) is 0 Å². The molecule has 0 radical (unpaired) electrons. The van der Waals surface area contributed by atoms with Crippen molar-refractivity contribution in [1.82, 2.24) is 10.2 Å². The van der Waals surface area contributed by atoms with Gasteiger partial charge < -0.3 is 14.5 Å². The highest BCUT2D eigenvalue weighted by molar-refractivity contribution is 7.86. The molecule has 1 aromatic rings. The fraction of sp³-hybridized carbons (Fsp3) is 0.588. The summed E-state index contributed by atoms with van der Waals surface area (Å²) in [5.41, 5.74) is -1.14. The zero-order chi connectivity index (χ0) is 23.8. The molecule has 32 heavy (non-hydrogen) atoms. The van der Waals surface area contributed by atoms with Gasteiger partial charge in [0.2, 0.25) is 5.50 Å². The molecule has 15 heteroatoms. The van der Waals surface area contributed by atoms with Crippen LogP contribution < -0.4 is 15.1 Å². The quantitative estimate of drug-likeness (QED) is 0.308. The molecule has 4 atom stereocenters. The van der Waals surface area contributed by atoms with Crippen molar-refractivity contribution in [3.63, 3.8) is 0 Å². The van der Waals surface area contributed by atoms with Crippen LogP contribution in [0.3, 0.4) is 0 Å². The third-order valence-electron chi connectivity index (χ3n) is 5.41. The van der Waals surface area contributed by atoms with E-state index in [4.69, 9.17) is 9.29 Å². The Morgan fingerprint density at radius 2 is 1.94 bits per heavy atom. The maximum absolute atomic E-state index is 15.0. The lowest BCUT2D eigenvalue weighted by molar-refractivity contribution is -0.117. The standard InChI is InChI=1S/C17H25FN4O8S2/c1-11(31(24,25)26)19-8-13-9-22(16(10-23)30-13)12-3-4-15(14(18)7-12)21-6-5-20(2)17(21)32(27,28)29/h3-4,7,10-11,13,16-17,19H,5-6,8-9H2,1-2H3,(H,24,25,26)(H,27,28,29)/t11?,13-,16?,17?/m0/s1. The highest BCUT2D eigenvalue weighted by atomic mass is 32.2. The first-order valence-corrected chi connectivity index (χ1v) is 12.6. The predicted octanol–water partition coefficient (Wildman–Crippen LogP) is -0.697. The summed E-state index contributed by atoms with van der Waals surface area (Å²) in [4.78, 5) is 15.5. The third-order valence-corrected chi connectivity index (χ3v) is 7.62. The second-order valence-corrected chi connectivity index (χ2v) is 10.8. The molecular formula is C17H25FN4O8S2. The van der Waals surface area contributed by atoms with Gasteiger partial charge in [-0.05, 0) is 32.2 Å². The van der Waals surface area contributed by atoms with Crippen LogP contribution in [-0.2, 0) is 29.8 Å². The summed E-state index contributed by atoms with van der Waals surface area (Å²) >= 11 is 0. The average molecular weight is 497 g/mol. The molecule has 0 saturated carbocycles. The molecule has 0 aromatic heterocycles. The maximum atomic E-state index is 15.0. The SMILES string of the molecule is CC(NC[C@H]1CN(c2ccc(N3CCN(C)C3S(=O)(=O)O)c(F)c2)C(C=O)O1)S(=O)(=O)O. The number of hydrogen-bond acceptors (Lipinski definition) is 10. The number of nitrogens with zero attached hydrogens (tertiary/aromatic N) is 3. The molecule has 12 nitrogen and oxygen atoms in total. The van der Waals surface area contributed by atoms with Crippen molar-refractivity contribution in [2.75, 3.05) is 43.0 Å². The summed E-state index contributed by atoms with van der Waals surface area (Å²) < 4.78 is 84.7. The van der Waals surface area contributed by atoms with Crippen molar-refractivity contribution in [2.45, 2.75) is 30.1 Å². The van der Waals surface area contributed by atoms with Crippen molar-refractivity contribution in [2.24, 2.45) is 0 Å². The van der Waals surface area contributed by atoms with E-state index in [0.717, 1.165) is 6.07 Å². The minimum absolute atomic E-state index is 0.0124. The smallest absolute Gasteiger partial charge is 0.300 e. The van der Waals surface area contributed by atoms with Gasteiger partial charge in [0.05, 0.1) is 11.8 Å². The molecule has 0 aliphatic carbocycles. The number of rotatable bonds is 8. The largest absolute Gasteiger partial charge is 0.345 e. The number of likely N-dealkylation sites (N-methyl/N-ethyl adjacent to an activating group) is 1. The zero-order valence-corrected chi connectivity index (χ0v) is 19.0. The Morgan fingerprint density at radius 3 is 2.50 bits per heavy atom. The number of benzene rings is 1. The first kappa shape index (κ1) is 24.8. The van der Waals surface area contributed by atoms with Crippen LogP contribution >= 0.6 is 0 Å². The number of aldehydes is 1. The van der Waals surface area contributed by atoms with Crippen molar-refractivity contribution < 1.29 is 39.9 Å². The summed E-state index contributed by atoms with van der Waals surface area (Å²) in [6, 6.07) is 3.98. The van der Waals surface area contributed by atoms with Crippen molar-refractivity contribution in [3.8, 4) is 0 Å². The van der Waals surface area contributed by atoms with Gasteiger partial charge in [0, 0.05) is 31.9 Å². The second kappa shape index (κ2) is 9.17. The summed E-state index contributed by atoms with van der Waals surface area (Å²) in [5.74, 6) is -0.752. The van der Waals surface area contributed by atoms with E-state index in [1.807, 2.05) is 0 Å². The minimum Gasteiger partial charge on any atom is -0.345 e. The van der Waals surface area contributed by atoms with Gasteiger partial charge in [0.1, 0.15) is 11.2 Å². The fourth-order valence-corrected chi connectivity index (χ4v) is 5.18. The first-order valence-electron chi connectivity index (χ1n) is 9.62. The number of carbonyl (C=O) groups is 1. The monoisotopic (exact) mass is 496 g/mol. The van der Waals surface area contributed by atoms with Gasteiger partial charge in [-0.15, -0.1) is 0 Å². The highest BCUT2D eigenvalue weighted by Gasteiger charge is 2.40. The highest BCUT2D eigenvalue weighted by Crippen LogP contribution is 2.32. The Labute approximate surface area is 185 Å². The maximum Gasteiger partial charge on any atom is 0.300 e. The molecule has 2 fully saturated rings. The normalized spacial score (nSPS) is 26.0. The van der Waals surface area contributed by atoms with E-state index in [1.165, 1.54) is 40.8 Å². The van der Waals surface area contributed by atoms with Gasteiger partial charge in [0.15, 0.2) is 12.5 Å².